The molecule has 1 aliphatic rings. The average Bonchev–Trinajstić information content (AvgIpc) is 2.43. The number of hydrogen-bond donors (Lipinski definition) is 1. The van der Waals surface area contributed by atoms with E-state index >= 15 is 0 Å². The molecule has 1 rings (SSSR count). The van der Waals surface area contributed by atoms with E-state index in [2.05, 4.69) is 4.90 Å². The Bertz CT molecular complexity index is 326. The van der Waals surface area contributed by atoms with Crippen LogP contribution < -0.4 is 5.73 Å². The van der Waals surface area contributed by atoms with Crippen LogP contribution in [0.2, 0.25) is 0 Å². The molecule has 0 amide bonds. The van der Waals surface area contributed by atoms with Gasteiger partial charge in [-0.25, -0.2) is 0 Å². The van der Waals surface area contributed by atoms with Gasteiger partial charge in [-0.05, 0) is 59.5 Å². The lowest BCUT2D eigenvalue weighted by Crippen LogP contribution is -2.43. The second kappa shape index (κ2) is 11.0. The van der Waals surface area contributed by atoms with Crippen molar-refractivity contribution < 1.29 is 9.53 Å². The first kappa shape index (κ1) is 20.4. The third-order valence-electron chi connectivity index (χ3n) is 4.32. The van der Waals surface area contributed by atoms with Crippen molar-refractivity contribution >= 4 is 5.97 Å². The molecule has 1 fully saturated rings. The lowest BCUT2D eigenvalue weighted by Gasteiger charge is -2.30. The number of esters is 1. The second-order valence-corrected chi connectivity index (χ2v) is 8.01. The largest absolute Gasteiger partial charge is 0.460 e. The zero-order valence-electron chi connectivity index (χ0n) is 15.6. The number of hydrogen-bond acceptors (Lipinski definition) is 4. The Labute approximate surface area is 143 Å². The molecule has 23 heavy (non-hydrogen) atoms. The lowest BCUT2D eigenvalue weighted by atomic mass is 10.1. The summed E-state index contributed by atoms with van der Waals surface area (Å²) in [5, 5.41) is 0. The van der Waals surface area contributed by atoms with Gasteiger partial charge in [-0.2, -0.15) is 0 Å². The first-order chi connectivity index (χ1) is 10.9. The molecule has 4 nitrogen and oxygen atoms in total. The van der Waals surface area contributed by atoms with Gasteiger partial charge >= 0.3 is 5.97 Å². The van der Waals surface area contributed by atoms with Gasteiger partial charge in [0.05, 0.1) is 0 Å². The van der Waals surface area contributed by atoms with Gasteiger partial charge in [-0.15, -0.1) is 0 Å². The predicted molar refractivity (Wildman–Crippen MR) is 96.4 cm³/mol. The zero-order valence-corrected chi connectivity index (χ0v) is 15.6. The minimum atomic E-state index is -0.352. The summed E-state index contributed by atoms with van der Waals surface area (Å²) in [5.74, 6) is -0.0581. The number of carbonyl (C=O) groups excluding carboxylic acids is 1. The fourth-order valence-electron chi connectivity index (χ4n) is 3.18. The first-order valence-electron chi connectivity index (χ1n) is 9.56. The van der Waals surface area contributed by atoms with Gasteiger partial charge in [0.15, 0.2) is 0 Å². The topological polar surface area (TPSA) is 55.6 Å². The Morgan fingerprint density at radius 2 is 1.70 bits per heavy atom. The van der Waals surface area contributed by atoms with Crippen LogP contribution in [0.15, 0.2) is 0 Å². The zero-order chi connectivity index (χ0) is 17.1. The van der Waals surface area contributed by atoms with Crippen molar-refractivity contribution in [2.45, 2.75) is 96.6 Å². The Balaban J connectivity index is 1.85. The monoisotopic (exact) mass is 326 g/mol. The van der Waals surface area contributed by atoms with Gasteiger partial charge in [-0.1, -0.05) is 32.1 Å². The molecule has 0 radical (unpaired) electrons. The number of likely N-dealkylation sites (tertiary alicyclic amines) is 1. The normalized spacial score (nSPS) is 19.7. The fourth-order valence-corrected chi connectivity index (χ4v) is 3.18. The molecule has 2 N–H and O–H groups in total. The van der Waals surface area contributed by atoms with Crippen LogP contribution >= 0.6 is 0 Å². The highest BCUT2D eigenvalue weighted by Gasteiger charge is 2.16. The average molecular weight is 327 g/mol. The van der Waals surface area contributed by atoms with Gasteiger partial charge in [0.2, 0.25) is 0 Å². The van der Waals surface area contributed by atoms with Crippen LogP contribution in [0.4, 0.5) is 0 Å². The summed E-state index contributed by atoms with van der Waals surface area (Å²) in [6.07, 6.45) is 11.6. The number of rotatable bonds is 10. The Morgan fingerprint density at radius 1 is 1.09 bits per heavy atom. The predicted octanol–water partition coefficient (Wildman–Crippen LogP) is 3.87. The number of piperidine rings is 1. The van der Waals surface area contributed by atoms with Gasteiger partial charge in [0, 0.05) is 19.0 Å². The van der Waals surface area contributed by atoms with Crippen molar-refractivity contribution in [3.63, 3.8) is 0 Å². The van der Waals surface area contributed by atoms with Crippen molar-refractivity contribution in [1.82, 2.24) is 4.90 Å². The molecule has 0 aromatic heterocycles. The minimum Gasteiger partial charge on any atom is -0.460 e. The molecule has 0 saturated carbocycles. The van der Waals surface area contributed by atoms with E-state index in [1.54, 1.807) is 0 Å². The third-order valence-corrected chi connectivity index (χ3v) is 4.32. The van der Waals surface area contributed by atoms with Crippen molar-refractivity contribution in [3.8, 4) is 0 Å². The molecular weight excluding hydrogens is 288 g/mol. The lowest BCUT2D eigenvalue weighted by molar-refractivity contribution is -0.154. The van der Waals surface area contributed by atoms with Gasteiger partial charge < -0.3 is 15.4 Å². The summed E-state index contributed by atoms with van der Waals surface area (Å²) in [7, 11) is 0. The Kier molecular flexibility index (Phi) is 9.80. The van der Waals surface area contributed by atoms with Crippen molar-refractivity contribution in [2.24, 2.45) is 5.73 Å². The summed E-state index contributed by atoms with van der Waals surface area (Å²) in [4.78, 5) is 14.1. The fraction of sp³-hybridized carbons (Fsp3) is 0.947. The summed E-state index contributed by atoms with van der Waals surface area (Å²) in [6, 6.07) is 0.397. The van der Waals surface area contributed by atoms with Crippen molar-refractivity contribution in [3.05, 3.63) is 0 Å². The van der Waals surface area contributed by atoms with E-state index in [0.29, 0.717) is 12.5 Å². The molecule has 0 aromatic carbocycles. The van der Waals surface area contributed by atoms with Gasteiger partial charge in [-0.3, -0.25) is 4.79 Å². The van der Waals surface area contributed by atoms with Crippen LogP contribution in [0.25, 0.3) is 0 Å². The highest BCUT2D eigenvalue weighted by Crippen LogP contribution is 2.13. The van der Waals surface area contributed by atoms with Crippen molar-refractivity contribution in [1.29, 1.82) is 0 Å². The maximum atomic E-state index is 11.6. The maximum Gasteiger partial charge on any atom is 0.306 e. The molecule has 4 heteroatoms. The van der Waals surface area contributed by atoms with Crippen LogP contribution in [0.3, 0.4) is 0 Å². The van der Waals surface area contributed by atoms with E-state index in [0.717, 1.165) is 19.4 Å². The van der Waals surface area contributed by atoms with Crippen LogP contribution in [-0.2, 0) is 9.53 Å². The number of carbonyl (C=O) groups is 1. The SMILES string of the molecule is CC(C)(C)OC(=O)CCCCCCCCCN1CCC[C@@H](N)C1. The number of nitrogens with two attached hydrogens (primary N) is 1. The van der Waals surface area contributed by atoms with E-state index in [4.69, 9.17) is 10.5 Å². The minimum absolute atomic E-state index is 0.0581. The molecule has 0 spiro atoms. The second-order valence-electron chi connectivity index (χ2n) is 8.01. The van der Waals surface area contributed by atoms with E-state index in [1.165, 1.54) is 58.0 Å². The molecule has 0 aliphatic carbocycles. The van der Waals surface area contributed by atoms with Gasteiger partial charge in [0.25, 0.3) is 0 Å². The van der Waals surface area contributed by atoms with Crippen molar-refractivity contribution in [2.75, 3.05) is 19.6 Å². The molecule has 1 saturated heterocycles. The van der Waals surface area contributed by atoms with Crippen LogP contribution in [0.5, 0.6) is 0 Å². The van der Waals surface area contributed by atoms with E-state index in [9.17, 15) is 4.79 Å². The molecule has 0 unspecified atom stereocenters. The standard InChI is InChI=1S/C19H38N2O2/c1-19(2,3)23-18(22)13-9-7-5-4-6-8-10-14-21-15-11-12-17(20)16-21/h17H,4-16,20H2,1-3H3/t17-/m1/s1. The van der Waals surface area contributed by atoms with Crippen LogP contribution in [0, 0.1) is 0 Å². The summed E-state index contributed by atoms with van der Waals surface area (Å²) in [5.41, 5.74) is 5.65. The first-order valence-corrected chi connectivity index (χ1v) is 9.56. The third kappa shape index (κ3) is 11.5. The highest BCUT2D eigenvalue weighted by atomic mass is 16.6. The van der Waals surface area contributed by atoms with Crippen LogP contribution in [-0.4, -0.2) is 42.1 Å². The molecule has 1 aliphatic heterocycles. The van der Waals surface area contributed by atoms with E-state index in [1.807, 2.05) is 20.8 Å². The summed E-state index contributed by atoms with van der Waals surface area (Å²) in [6.45, 7) is 9.29. The number of ether oxygens (including phenoxy) is 1. The molecule has 1 atom stereocenters. The molecule has 0 aromatic rings. The van der Waals surface area contributed by atoms with E-state index in [-0.39, 0.29) is 11.6 Å². The molecule has 136 valence electrons. The molecule has 1 heterocycles. The maximum absolute atomic E-state index is 11.6. The Morgan fingerprint density at radius 3 is 2.30 bits per heavy atom. The summed E-state index contributed by atoms with van der Waals surface area (Å²) >= 11 is 0. The highest BCUT2D eigenvalue weighted by molar-refractivity contribution is 5.69. The molecule has 0 bridgehead atoms. The van der Waals surface area contributed by atoms with E-state index < -0.39 is 0 Å². The number of nitrogens with zero attached hydrogens (tertiary/aromatic N) is 1. The quantitative estimate of drug-likeness (QED) is 0.489. The number of unbranched alkanes of at least 4 members (excludes halogenated alkanes) is 6. The summed E-state index contributed by atoms with van der Waals surface area (Å²) < 4.78 is 5.31. The Hall–Kier alpha value is -0.610. The smallest absolute Gasteiger partial charge is 0.306 e. The molecular formula is C19H38N2O2. The van der Waals surface area contributed by atoms with Gasteiger partial charge in [0.1, 0.15) is 5.60 Å². The van der Waals surface area contributed by atoms with Crippen LogP contribution in [0.1, 0.15) is 85.0 Å².